The normalized spacial score (nSPS) is 13.3. The number of aromatic nitrogens is 4. The number of carbonyl (C=O) groups excluding carboxylic acids is 1. The molecule has 0 aliphatic carbocycles. The molecule has 0 aromatic carbocycles. The van der Waals surface area contributed by atoms with Crippen LogP contribution in [0.25, 0.3) is 11.3 Å². The third kappa shape index (κ3) is 3.64. The van der Waals surface area contributed by atoms with Crippen LogP contribution in [0.1, 0.15) is 10.5 Å². The summed E-state index contributed by atoms with van der Waals surface area (Å²) in [5.41, 5.74) is 17.4. The fraction of sp³-hybridized carbons (Fsp3) is 0.125. The van der Waals surface area contributed by atoms with Gasteiger partial charge in [-0.15, -0.1) is 0 Å². The van der Waals surface area contributed by atoms with Crippen LogP contribution in [0.3, 0.4) is 0 Å². The Hall–Kier alpha value is -3.82. The minimum atomic E-state index is -0.768. The molecule has 132 valence electrons. The number of hydrogen-bond donors (Lipinski definition) is 3. The van der Waals surface area contributed by atoms with E-state index >= 15 is 0 Å². The van der Waals surface area contributed by atoms with E-state index in [1.807, 2.05) is 29.2 Å². The Kier molecular flexibility index (Phi) is 4.83. The molecule has 2 aromatic heterocycles. The van der Waals surface area contributed by atoms with Gasteiger partial charge in [0.25, 0.3) is 0 Å². The fourth-order valence-electron chi connectivity index (χ4n) is 2.38. The van der Waals surface area contributed by atoms with Crippen LogP contribution in [0.5, 0.6) is 0 Å². The molecule has 3 heterocycles. The summed E-state index contributed by atoms with van der Waals surface area (Å²) >= 11 is 0. The lowest BCUT2D eigenvalue weighted by molar-refractivity contribution is 0.0998. The quantitative estimate of drug-likeness (QED) is 0.504. The number of nitrogens with two attached hydrogens (primary N) is 3. The first-order valence-electron chi connectivity index (χ1n) is 7.69. The van der Waals surface area contributed by atoms with Gasteiger partial charge in [-0.1, -0.05) is 24.3 Å². The number of amides is 1. The summed E-state index contributed by atoms with van der Waals surface area (Å²) in [4.78, 5) is 34.4. The van der Waals surface area contributed by atoms with Gasteiger partial charge in [0.1, 0.15) is 12.0 Å². The molecule has 10 heteroatoms. The van der Waals surface area contributed by atoms with Gasteiger partial charge in [0.15, 0.2) is 23.3 Å². The number of rotatable bonds is 3. The molecule has 26 heavy (non-hydrogen) atoms. The first-order valence-corrected chi connectivity index (χ1v) is 7.69. The molecule has 2 aromatic rings. The molecule has 0 saturated heterocycles. The number of hydrogen-bond acceptors (Lipinski definition) is 7. The third-order valence-corrected chi connectivity index (χ3v) is 3.51. The lowest BCUT2D eigenvalue weighted by Gasteiger charge is -2.23. The summed E-state index contributed by atoms with van der Waals surface area (Å²) in [5, 5.41) is 0. The van der Waals surface area contributed by atoms with Gasteiger partial charge < -0.3 is 22.1 Å². The summed E-state index contributed by atoms with van der Waals surface area (Å²) in [6, 6.07) is 0. The van der Waals surface area contributed by atoms with Crippen molar-refractivity contribution >= 4 is 23.5 Å². The van der Waals surface area contributed by atoms with Gasteiger partial charge in [0, 0.05) is 31.0 Å². The second-order valence-electron chi connectivity index (χ2n) is 5.36. The predicted octanol–water partition coefficient (Wildman–Crippen LogP) is -0.138. The van der Waals surface area contributed by atoms with Crippen molar-refractivity contribution in [3.05, 3.63) is 48.7 Å². The van der Waals surface area contributed by atoms with Gasteiger partial charge in [-0.3, -0.25) is 4.79 Å². The van der Waals surface area contributed by atoms with E-state index in [1.165, 1.54) is 6.33 Å². The average Bonchev–Trinajstić information content (AvgIpc) is 2.91. The van der Waals surface area contributed by atoms with Crippen LogP contribution in [0.4, 0.5) is 11.6 Å². The van der Waals surface area contributed by atoms with E-state index in [-0.39, 0.29) is 17.5 Å². The van der Waals surface area contributed by atoms with Gasteiger partial charge in [-0.2, -0.15) is 4.99 Å². The van der Waals surface area contributed by atoms with Crippen LogP contribution in [-0.2, 0) is 0 Å². The van der Waals surface area contributed by atoms with Crippen LogP contribution in [0, 0.1) is 0 Å². The van der Waals surface area contributed by atoms with Crippen molar-refractivity contribution in [2.75, 3.05) is 23.7 Å². The topological polar surface area (TPSA) is 162 Å². The van der Waals surface area contributed by atoms with Crippen LogP contribution >= 0.6 is 0 Å². The second kappa shape index (κ2) is 7.38. The molecule has 1 aliphatic rings. The highest BCUT2D eigenvalue weighted by atomic mass is 16.1. The van der Waals surface area contributed by atoms with Crippen LogP contribution in [0.15, 0.2) is 48.0 Å². The molecule has 1 amide bonds. The summed E-state index contributed by atoms with van der Waals surface area (Å²) in [6.07, 6.45) is 12.4. The largest absolute Gasteiger partial charge is 0.382 e. The minimum Gasteiger partial charge on any atom is -0.382 e. The smallest absolute Gasteiger partial charge is 0.302 e. The average molecular weight is 351 g/mol. The van der Waals surface area contributed by atoms with Crippen molar-refractivity contribution in [3.8, 4) is 11.3 Å². The van der Waals surface area contributed by atoms with E-state index in [2.05, 4.69) is 24.9 Å². The molecule has 0 bridgehead atoms. The predicted molar refractivity (Wildman–Crippen MR) is 98.1 cm³/mol. The van der Waals surface area contributed by atoms with Crippen molar-refractivity contribution in [2.45, 2.75) is 0 Å². The zero-order valence-corrected chi connectivity index (χ0v) is 13.8. The first-order chi connectivity index (χ1) is 12.6. The standard InChI is InChI=1S/C16H17N9O/c17-13-12(15(26)24-16(18)19)22-11(10-7-20-9-21-8-10)14(23-13)25-5-3-1-2-4-6-25/h1-4,7-9H,5-6H2,(H2,17,23)(H4,18,19,24,26). The van der Waals surface area contributed by atoms with Crippen molar-refractivity contribution in [2.24, 2.45) is 16.5 Å². The third-order valence-electron chi connectivity index (χ3n) is 3.51. The monoisotopic (exact) mass is 351 g/mol. The Labute approximate surface area is 149 Å². The highest BCUT2D eigenvalue weighted by molar-refractivity contribution is 6.03. The lowest BCUT2D eigenvalue weighted by atomic mass is 10.2. The maximum Gasteiger partial charge on any atom is 0.302 e. The van der Waals surface area contributed by atoms with E-state index in [4.69, 9.17) is 17.2 Å². The number of guanidine groups is 1. The van der Waals surface area contributed by atoms with Crippen LogP contribution in [0.2, 0.25) is 0 Å². The van der Waals surface area contributed by atoms with Crippen molar-refractivity contribution in [3.63, 3.8) is 0 Å². The van der Waals surface area contributed by atoms with E-state index in [9.17, 15) is 4.79 Å². The van der Waals surface area contributed by atoms with E-state index < -0.39 is 5.91 Å². The second-order valence-corrected chi connectivity index (χ2v) is 5.36. The molecule has 6 N–H and O–H groups in total. The van der Waals surface area contributed by atoms with Crippen LogP contribution < -0.4 is 22.1 Å². The molecule has 0 saturated carbocycles. The number of anilines is 2. The molecular weight excluding hydrogens is 334 g/mol. The van der Waals surface area contributed by atoms with Gasteiger partial charge in [0.2, 0.25) is 0 Å². The molecular formula is C16H17N9O. The van der Waals surface area contributed by atoms with Gasteiger partial charge in [-0.25, -0.2) is 19.9 Å². The number of carbonyl (C=O) groups is 1. The fourth-order valence-corrected chi connectivity index (χ4v) is 2.38. The Morgan fingerprint density at radius 3 is 2.35 bits per heavy atom. The molecule has 0 unspecified atom stereocenters. The van der Waals surface area contributed by atoms with Crippen molar-refractivity contribution in [1.82, 2.24) is 19.9 Å². The first kappa shape index (κ1) is 17.0. The van der Waals surface area contributed by atoms with Crippen molar-refractivity contribution < 1.29 is 4.79 Å². The van der Waals surface area contributed by atoms with E-state index in [0.717, 1.165) is 0 Å². The number of allylic oxidation sites excluding steroid dienone is 2. The Balaban J connectivity index is 2.16. The number of nitrogens with zero attached hydrogens (tertiary/aromatic N) is 6. The maximum atomic E-state index is 12.2. The molecule has 0 fully saturated rings. The lowest BCUT2D eigenvalue weighted by Crippen LogP contribution is -2.27. The molecule has 0 spiro atoms. The molecule has 10 nitrogen and oxygen atoms in total. The zero-order valence-electron chi connectivity index (χ0n) is 13.8. The SMILES string of the molecule is NC(N)=NC(=O)c1nc(-c2cncnc2)c(N2CC=CC=CC2)nc1N. The van der Waals surface area contributed by atoms with Gasteiger partial charge >= 0.3 is 5.91 Å². The van der Waals surface area contributed by atoms with Gasteiger partial charge in [-0.05, 0) is 0 Å². The molecule has 3 rings (SSSR count). The molecule has 0 radical (unpaired) electrons. The zero-order chi connectivity index (χ0) is 18.5. The Bertz CT molecular complexity index is 887. The highest BCUT2D eigenvalue weighted by Crippen LogP contribution is 2.29. The van der Waals surface area contributed by atoms with Gasteiger partial charge in [0.05, 0.1) is 0 Å². The summed E-state index contributed by atoms with van der Waals surface area (Å²) in [5.74, 6) is -0.703. The molecule has 1 aliphatic heterocycles. The maximum absolute atomic E-state index is 12.2. The minimum absolute atomic E-state index is 0.0622. The summed E-state index contributed by atoms with van der Waals surface area (Å²) in [7, 11) is 0. The highest BCUT2D eigenvalue weighted by Gasteiger charge is 2.22. The number of aliphatic imine (C=N–C) groups is 1. The Morgan fingerprint density at radius 1 is 1.08 bits per heavy atom. The van der Waals surface area contributed by atoms with Crippen LogP contribution in [-0.4, -0.2) is 44.9 Å². The number of nitrogen functional groups attached to an aromatic ring is 1. The summed E-state index contributed by atoms with van der Waals surface area (Å²) < 4.78 is 0. The molecule has 0 atom stereocenters. The summed E-state index contributed by atoms with van der Waals surface area (Å²) in [6.45, 7) is 1.20. The van der Waals surface area contributed by atoms with Crippen molar-refractivity contribution in [1.29, 1.82) is 0 Å². The van der Waals surface area contributed by atoms with E-state index in [1.54, 1.807) is 12.4 Å². The Morgan fingerprint density at radius 2 is 1.73 bits per heavy atom. The van der Waals surface area contributed by atoms with E-state index in [0.29, 0.717) is 30.2 Å².